The molecule has 0 radical (unpaired) electrons. The quantitative estimate of drug-likeness (QED) is 0.0303. The van der Waals surface area contributed by atoms with Crippen molar-refractivity contribution in [2.24, 2.45) is 0 Å². The number of hydroxylamine groups is 2. The van der Waals surface area contributed by atoms with E-state index in [1.54, 1.807) is 49.6 Å². The van der Waals surface area contributed by atoms with Crippen LogP contribution in [0.15, 0.2) is 94.4 Å². The molecule has 2 aromatic rings. The highest BCUT2D eigenvalue weighted by Gasteiger charge is 2.48. The van der Waals surface area contributed by atoms with Crippen molar-refractivity contribution >= 4 is 65.2 Å². The molecule has 0 aliphatic carbocycles. The number of ether oxygens (including phenoxy) is 6. The fourth-order valence-electron chi connectivity index (χ4n) is 8.85. The summed E-state index contributed by atoms with van der Waals surface area (Å²) in [7, 11) is -10.4. The maximum atomic E-state index is 12.4. The molecule has 408 valence electrons. The lowest BCUT2D eigenvalue weighted by Crippen LogP contribution is -2.33. The van der Waals surface area contributed by atoms with Gasteiger partial charge in [0.15, 0.2) is 12.3 Å². The van der Waals surface area contributed by atoms with Crippen molar-refractivity contribution in [3.05, 3.63) is 95.8 Å². The van der Waals surface area contributed by atoms with Crippen LogP contribution in [0.5, 0.6) is 0 Å². The van der Waals surface area contributed by atoms with Crippen LogP contribution in [-0.4, -0.2) is 171 Å². The zero-order valence-corrected chi connectivity index (χ0v) is 44.3. The van der Waals surface area contributed by atoms with Gasteiger partial charge in [0.25, 0.3) is 42.2 Å². The Morgan fingerprint density at radius 1 is 0.676 bits per heavy atom. The summed E-state index contributed by atoms with van der Waals surface area (Å²) in [5.74, 6) is -2.56. The average Bonchev–Trinajstić information content (AvgIpc) is 3.86. The van der Waals surface area contributed by atoms with Crippen molar-refractivity contribution in [2.75, 3.05) is 104 Å². The fraction of sp³-hybridized carbons (Fsp3) is 0.510. The number of carbonyl (C=O) groups excluding carboxylic acids is 3. The average molecular weight is 1100 g/mol. The Kier molecular flexibility index (Phi) is 22.0. The Balaban J connectivity index is 1.39. The van der Waals surface area contributed by atoms with Crippen LogP contribution in [0.4, 0.5) is 11.4 Å². The first-order chi connectivity index (χ1) is 35.0. The number of allylic oxidation sites excluding steroid dienone is 8. The van der Waals surface area contributed by atoms with Gasteiger partial charge in [0, 0.05) is 74.7 Å². The van der Waals surface area contributed by atoms with E-state index < -0.39 is 64.7 Å². The van der Waals surface area contributed by atoms with Crippen molar-refractivity contribution in [1.82, 2.24) is 5.06 Å². The number of imide groups is 1. The molecule has 1 fully saturated rings. The van der Waals surface area contributed by atoms with E-state index in [9.17, 15) is 53.3 Å². The van der Waals surface area contributed by atoms with Gasteiger partial charge in [-0.15, -0.1) is 5.06 Å². The summed E-state index contributed by atoms with van der Waals surface area (Å²) < 4.78 is 138. The van der Waals surface area contributed by atoms with Gasteiger partial charge in [-0.1, -0.05) is 30.4 Å². The second-order valence-corrected chi connectivity index (χ2v) is 22.1. The van der Waals surface area contributed by atoms with Gasteiger partial charge in [0.1, 0.15) is 6.61 Å². The highest BCUT2D eigenvalue weighted by Crippen LogP contribution is 2.51. The molecule has 5 rings (SSSR count). The SMILES string of the molecule is COCCOCCOCCOCC[N+]1=C(/C=C/C=C/C=C/C=C2/N(CCOCCC(=O)ON3C(=O)CCC3=O)c3ccc(S(=O)(=O)O)cc3C2(C)CCOC)C(C)(CCCS(=O)(=O)O)c2cc(S(=O)(=O)O)ccc21. The van der Waals surface area contributed by atoms with Gasteiger partial charge in [0.2, 0.25) is 5.69 Å². The number of methoxy groups -OCH3 is 2. The molecule has 74 heavy (non-hydrogen) atoms. The number of carbonyl (C=O) groups is 3. The van der Waals surface area contributed by atoms with E-state index in [4.69, 9.17) is 33.3 Å². The predicted molar refractivity (Wildman–Crippen MR) is 269 cm³/mol. The molecule has 3 aliphatic heterocycles. The molecule has 2 amide bonds. The molecule has 0 saturated carbocycles. The Morgan fingerprint density at radius 3 is 1.86 bits per heavy atom. The van der Waals surface area contributed by atoms with Crippen molar-refractivity contribution in [2.45, 2.75) is 73.0 Å². The third-order valence-corrected chi connectivity index (χ3v) is 15.1. The van der Waals surface area contributed by atoms with Crippen LogP contribution in [0.1, 0.15) is 63.5 Å². The van der Waals surface area contributed by atoms with E-state index in [0.29, 0.717) is 72.7 Å². The van der Waals surface area contributed by atoms with Gasteiger partial charge in [-0.3, -0.25) is 23.2 Å². The molecule has 1 saturated heterocycles. The minimum Gasteiger partial charge on any atom is -0.385 e. The number of nitrogens with zero attached hydrogens (tertiary/aromatic N) is 3. The Bertz CT molecular complexity index is 2810. The maximum Gasteiger partial charge on any atom is 0.335 e. The smallest absolute Gasteiger partial charge is 0.335 e. The molecule has 3 aliphatic rings. The summed E-state index contributed by atoms with van der Waals surface area (Å²) in [5.41, 5.74) is 1.90. The van der Waals surface area contributed by atoms with Crippen molar-refractivity contribution in [3.8, 4) is 0 Å². The Hall–Kier alpha value is -5.03. The van der Waals surface area contributed by atoms with Crippen molar-refractivity contribution in [3.63, 3.8) is 0 Å². The van der Waals surface area contributed by atoms with Gasteiger partial charge >= 0.3 is 5.97 Å². The number of anilines is 1. The molecule has 22 nitrogen and oxygen atoms in total. The van der Waals surface area contributed by atoms with E-state index in [-0.39, 0.29) is 88.0 Å². The molecule has 0 aromatic heterocycles. The highest BCUT2D eigenvalue weighted by molar-refractivity contribution is 7.86. The van der Waals surface area contributed by atoms with E-state index >= 15 is 0 Å². The molecular formula is C49H66N3O19S3+. The molecule has 2 unspecified atom stereocenters. The number of benzene rings is 2. The van der Waals surface area contributed by atoms with Crippen LogP contribution >= 0.6 is 0 Å². The maximum absolute atomic E-state index is 12.4. The van der Waals surface area contributed by atoms with E-state index in [0.717, 1.165) is 5.70 Å². The van der Waals surface area contributed by atoms with Crippen molar-refractivity contribution < 1.29 is 91.1 Å². The van der Waals surface area contributed by atoms with Crippen molar-refractivity contribution in [1.29, 1.82) is 0 Å². The Labute approximate surface area is 432 Å². The zero-order valence-electron chi connectivity index (χ0n) is 41.9. The van der Waals surface area contributed by atoms with Gasteiger partial charge in [-0.05, 0) is 75.1 Å². The van der Waals surface area contributed by atoms with E-state index in [1.807, 2.05) is 35.5 Å². The molecular weight excluding hydrogens is 1030 g/mol. The molecule has 2 atom stereocenters. The second-order valence-electron chi connectivity index (χ2n) is 17.7. The third-order valence-electron chi connectivity index (χ3n) is 12.6. The normalized spacial score (nSPS) is 19.9. The Morgan fingerprint density at radius 2 is 1.24 bits per heavy atom. The number of hydrogen-bond acceptors (Lipinski definition) is 17. The number of fused-ring (bicyclic) bond motifs is 2. The van der Waals surface area contributed by atoms with Gasteiger partial charge in [-0.25, -0.2) is 4.79 Å². The third kappa shape index (κ3) is 16.2. The summed E-state index contributed by atoms with van der Waals surface area (Å²) in [4.78, 5) is 42.3. The molecule has 25 heteroatoms. The molecule has 0 bridgehead atoms. The topological polar surface area (TPSA) is 288 Å². The minimum absolute atomic E-state index is 0.0135. The lowest BCUT2D eigenvalue weighted by Gasteiger charge is -2.30. The minimum atomic E-state index is -4.63. The first kappa shape index (κ1) is 59.8. The number of rotatable bonds is 32. The lowest BCUT2D eigenvalue weighted by atomic mass is 9.76. The first-order valence-corrected chi connectivity index (χ1v) is 28.2. The van der Waals surface area contributed by atoms with E-state index in [1.165, 1.54) is 31.4 Å². The predicted octanol–water partition coefficient (Wildman–Crippen LogP) is 4.28. The first-order valence-electron chi connectivity index (χ1n) is 23.7. The summed E-state index contributed by atoms with van der Waals surface area (Å²) >= 11 is 0. The zero-order chi connectivity index (χ0) is 54.2. The van der Waals surface area contributed by atoms with Gasteiger partial charge in [-0.2, -0.15) is 29.8 Å². The largest absolute Gasteiger partial charge is 0.385 e. The van der Waals surface area contributed by atoms with Crippen LogP contribution in [-0.2, 0) is 88.8 Å². The summed E-state index contributed by atoms with van der Waals surface area (Å²) in [6.07, 6.45) is 12.7. The summed E-state index contributed by atoms with van der Waals surface area (Å²) in [5, 5.41) is 0.466. The van der Waals surface area contributed by atoms with Gasteiger partial charge < -0.3 is 38.2 Å². The lowest BCUT2D eigenvalue weighted by molar-refractivity contribution is -0.442. The van der Waals surface area contributed by atoms with Crippen LogP contribution in [0.25, 0.3) is 0 Å². The number of amides is 2. The molecule has 2 aromatic carbocycles. The summed E-state index contributed by atoms with van der Waals surface area (Å²) in [6.45, 7) is 7.00. The van der Waals surface area contributed by atoms with Crippen LogP contribution in [0.2, 0.25) is 0 Å². The van der Waals surface area contributed by atoms with Crippen LogP contribution < -0.4 is 4.90 Å². The standard InChI is InChI=1S/C49H65N3O19S3/c1-48(20-10-34-72(56,57)58)39-35-37(73(59,60)61)13-15-41(39)50(23-27-68-30-31-70-33-32-69-29-28-66-4)43(48)11-8-6-5-7-9-12-44-49(2,21-25-65-3)40-36-38(74(62,63)64)14-16-42(40)51(44)22-26-67-24-19-47(55)71-52-45(53)17-18-46(52)54/h5-9,11-16,35-36H,10,17-34H2,1-4H3,(H2-,56,57,58,59,60,61,62,63,64)/p+1. The fourth-order valence-corrected chi connectivity index (χ4v) is 10.4. The molecule has 0 spiro atoms. The number of hydrogen-bond donors (Lipinski definition) is 3. The summed E-state index contributed by atoms with van der Waals surface area (Å²) in [6, 6.07) is 8.53. The highest BCUT2D eigenvalue weighted by atomic mass is 32.2. The second kappa shape index (κ2) is 27.1. The van der Waals surface area contributed by atoms with Crippen LogP contribution in [0.3, 0.4) is 0 Å². The van der Waals surface area contributed by atoms with Gasteiger partial charge in [0.05, 0.1) is 80.2 Å². The van der Waals surface area contributed by atoms with E-state index in [2.05, 4.69) is 0 Å². The molecule has 3 N–H and O–H groups in total. The molecule has 3 heterocycles. The monoisotopic (exact) mass is 1100 g/mol. The van der Waals surface area contributed by atoms with Crippen LogP contribution in [0, 0.1) is 0 Å².